The number of fused-ring (bicyclic) bond motifs is 1. The van der Waals surface area contributed by atoms with Crippen LogP contribution in [0.2, 0.25) is 5.02 Å². The van der Waals surface area contributed by atoms with Gasteiger partial charge in [0.2, 0.25) is 0 Å². The Hall–Kier alpha value is -1.87. The molecule has 0 saturated carbocycles. The highest BCUT2D eigenvalue weighted by molar-refractivity contribution is 6.30. The molecule has 1 fully saturated rings. The van der Waals surface area contributed by atoms with Gasteiger partial charge in [0, 0.05) is 61.9 Å². The van der Waals surface area contributed by atoms with Gasteiger partial charge in [0.15, 0.2) is 0 Å². The van der Waals surface area contributed by atoms with Gasteiger partial charge in [-0.15, -0.1) is 0 Å². The van der Waals surface area contributed by atoms with Gasteiger partial charge in [-0.2, -0.15) is 0 Å². The van der Waals surface area contributed by atoms with Gasteiger partial charge in [0.25, 0.3) is 0 Å². The third-order valence-corrected chi connectivity index (χ3v) is 5.24. The van der Waals surface area contributed by atoms with Gasteiger partial charge in [-0.05, 0) is 48.4 Å². The zero-order valence-electron chi connectivity index (χ0n) is 13.5. The number of benzene rings is 2. The van der Waals surface area contributed by atoms with E-state index in [4.69, 9.17) is 11.6 Å². The van der Waals surface area contributed by atoms with Crippen molar-refractivity contribution in [3.05, 3.63) is 53.1 Å². The highest BCUT2D eigenvalue weighted by Gasteiger charge is 2.20. The Labute approximate surface area is 143 Å². The van der Waals surface area contributed by atoms with Crippen molar-refractivity contribution in [2.45, 2.75) is 6.42 Å². The Kier molecular flexibility index (Phi) is 3.82. The maximum absolute atomic E-state index is 6.11. The lowest BCUT2D eigenvalue weighted by Crippen LogP contribution is -2.46. The zero-order chi connectivity index (χ0) is 15.8. The Bertz CT molecular complexity index is 708. The first-order valence-electron chi connectivity index (χ1n) is 8.30. The van der Waals surface area contributed by atoms with Crippen molar-refractivity contribution in [2.75, 3.05) is 54.5 Å². The number of hydrogen-bond acceptors (Lipinski definition) is 3. The maximum Gasteiger partial charge on any atom is 0.0426 e. The molecule has 2 aromatic rings. The summed E-state index contributed by atoms with van der Waals surface area (Å²) < 4.78 is 0. The van der Waals surface area contributed by atoms with Gasteiger partial charge in [-0.1, -0.05) is 17.7 Å². The lowest BCUT2D eigenvalue weighted by atomic mass is 10.1. The maximum atomic E-state index is 6.11. The second-order valence-corrected chi connectivity index (χ2v) is 6.87. The third kappa shape index (κ3) is 2.86. The van der Waals surface area contributed by atoms with Crippen LogP contribution in [0.3, 0.4) is 0 Å². The third-order valence-electron chi connectivity index (χ3n) is 5.01. The van der Waals surface area contributed by atoms with E-state index in [1.165, 1.54) is 29.0 Å². The van der Waals surface area contributed by atoms with Crippen molar-refractivity contribution in [1.82, 2.24) is 0 Å². The fourth-order valence-corrected chi connectivity index (χ4v) is 3.83. The van der Waals surface area contributed by atoms with Crippen LogP contribution in [0.15, 0.2) is 42.5 Å². The molecular weight excluding hydrogens is 306 g/mol. The number of nitrogens with zero attached hydrogens (tertiary/aromatic N) is 3. The summed E-state index contributed by atoms with van der Waals surface area (Å²) in [6, 6.07) is 15.1. The van der Waals surface area contributed by atoms with Gasteiger partial charge >= 0.3 is 0 Å². The van der Waals surface area contributed by atoms with Crippen LogP contribution in [-0.4, -0.2) is 39.8 Å². The minimum Gasteiger partial charge on any atom is -0.374 e. The molecule has 1 saturated heterocycles. The van der Waals surface area contributed by atoms with E-state index < -0.39 is 0 Å². The van der Waals surface area contributed by atoms with Gasteiger partial charge in [0.05, 0.1) is 0 Å². The van der Waals surface area contributed by atoms with E-state index in [1.54, 1.807) is 0 Å². The smallest absolute Gasteiger partial charge is 0.0426 e. The lowest BCUT2D eigenvalue weighted by Gasteiger charge is -2.37. The Morgan fingerprint density at radius 2 is 1.52 bits per heavy atom. The first-order chi connectivity index (χ1) is 11.2. The molecule has 0 amide bonds. The molecule has 0 radical (unpaired) electrons. The standard InChI is InChI=1S/C19H22ClN3/c1-21-8-7-15-13-18(5-6-19(15)21)23-11-9-22(10-12-23)17-4-2-3-16(20)14-17/h2-6,13-14H,7-12H2,1H3. The van der Waals surface area contributed by atoms with Gasteiger partial charge in [-0.3, -0.25) is 0 Å². The number of likely N-dealkylation sites (N-methyl/N-ethyl adjacent to an activating group) is 1. The molecule has 2 aliphatic heterocycles. The largest absolute Gasteiger partial charge is 0.374 e. The fourth-order valence-electron chi connectivity index (χ4n) is 3.65. The summed E-state index contributed by atoms with van der Waals surface area (Å²) in [6.45, 7) is 5.33. The van der Waals surface area contributed by atoms with E-state index in [9.17, 15) is 0 Å². The second kappa shape index (κ2) is 5.97. The molecule has 3 nitrogen and oxygen atoms in total. The fraction of sp³-hybridized carbons (Fsp3) is 0.368. The quantitative estimate of drug-likeness (QED) is 0.833. The normalized spacial score (nSPS) is 17.6. The van der Waals surface area contributed by atoms with Crippen LogP contribution in [0, 0.1) is 0 Å². The van der Waals surface area contributed by atoms with Crippen molar-refractivity contribution >= 4 is 28.7 Å². The van der Waals surface area contributed by atoms with Crippen LogP contribution in [0.25, 0.3) is 0 Å². The highest BCUT2D eigenvalue weighted by atomic mass is 35.5. The van der Waals surface area contributed by atoms with E-state index in [0.717, 1.165) is 37.7 Å². The molecule has 2 aromatic carbocycles. The molecule has 2 aliphatic rings. The van der Waals surface area contributed by atoms with E-state index in [1.807, 2.05) is 12.1 Å². The highest BCUT2D eigenvalue weighted by Crippen LogP contribution is 2.31. The lowest BCUT2D eigenvalue weighted by molar-refractivity contribution is 0.653. The molecule has 0 spiro atoms. The molecule has 0 N–H and O–H groups in total. The van der Waals surface area contributed by atoms with Gasteiger partial charge < -0.3 is 14.7 Å². The minimum atomic E-state index is 0.813. The Morgan fingerprint density at radius 3 is 2.22 bits per heavy atom. The van der Waals surface area contributed by atoms with E-state index in [2.05, 4.69) is 52.1 Å². The molecular formula is C19H22ClN3. The van der Waals surface area contributed by atoms with E-state index >= 15 is 0 Å². The molecule has 0 bridgehead atoms. The molecule has 120 valence electrons. The average molecular weight is 328 g/mol. The summed E-state index contributed by atoms with van der Waals surface area (Å²) in [5.41, 5.74) is 5.48. The van der Waals surface area contributed by atoms with Gasteiger partial charge in [0.1, 0.15) is 0 Å². The van der Waals surface area contributed by atoms with Crippen molar-refractivity contribution in [3.8, 4) is 0 Å². The number of anilines is 3. The van der Waals surface area contributed by atoms with Crippen molar-refractivity contribution in [1.29, 1.82) is 0 Å². The van der Waals surface area contributed by atoms with Crippen molar-refractivity contribution in [3.63, 3.8) is 0 Å². The van der Waals surface area contributed by atoms with Crippen LogP contribution in [-0.2, 0) is 6.42 Å². The first kappa shape index (κ1) is 14.7. The second-order valence-electron chi connectivity index (χ2n) is 6.44. The number of piperazine rings is 1. The molecule has 4 rings (SSSR count). The van der Waals surface area contributed by atoms with E-state index in [0.29, 0.717) is 0 Å². The van der Waals surface area contributed by atoms with Crippen LogP contribution in [0.1, 0.15) is 5.56 Å². The number of hydrogen-bond donors (Lipinski definition) is 0. The van der Waals surface area contributed by atoms with Gasteiger partial charge in [-0.25, -0.2) is 0 Å². The summed E-state index contributed by atoms with van der Waals surface area (Å²) >= 11 is 6.11. The number of halogens is 1. The monoisotopic (exact) mass is 327 g/mol. The molecule has 0 unspecified atom stereocenters. The van der Waals surface area contributed by atoms with Crippen molar-refractivity contribution in [2.24, 2.45) is 0 Å². The van der Waals surface area contributed by atoms with Crippen LogP contribution >= 0.6 is 11.6 Å². The topological polar surface area (TPSA) is 9.72 Å². The molecule has 0 aromatic heterocycles. The van der Waals surface area contributed by atoms with Crippen molar-refractivity contribution < 1.29 is 0 Å². The minimum absolute atomic E-state index is 0.813. The molecule has 0 aliphatic carbocycles. The molecule has 23 heavy (non-hydrogen) atoms. The Balaban J connectivity index is 1.46. The average Bonchev–Trinajstić information content (AvgIpc) is 2.96. The van der Waals surface area contributed by atoms with Crippen LogP contribution in [0.4, 0.5) is 17.1 Å². The predicted octanol–water partition coefficient (Wildman–Crippen LogP) is 3.66. The van der Waals surface area contributed by atoms with Crippen LogP contribution in [0.5, 0.6) is 0 Å². The summed E-state index contributed by atoms with van der Waals surface area (Å²) in [5, 5.41) is 0.813. The SMILES string of the molecule is CN1CCc2cc(N3CCN(c4cccc(Cl)c4)CC3)ccc21. The Morgan fingerprint density at radius 1 is 0.826 bits per heavy atom. The first-order valence-corrected chi connectivity index (χ1v) is 8.68. The molecule has 0 atom stereocenters. The number of rotatable bonds is 2. The zero-order valence-corrected chi connectivity index (χ0v) is 14.3. The summed E-state index contributed by atoms with van der Waals surface area (Å²) in [5.74, 6) is 0. The summed E-state index contributed by atoms with van der Waals surface area (Å²) in [6.07, 6.45) is 1.17. The van der Waals surface area contributed by atoms with Crippen LogP contribution < -0.4 is 14.7 Å². The predicted molar refractivity (Wildman–Crippen MR) is 99.3 cm³/mol. The molecule has 4 heteroatoms. The van der Waals surface area contributed by atoms with E-state index in [-0.39, 0.29) is 0 Å². The summed E-state index contributed by atoms with van der Waals surface area (Å²) in [7, 11) is 2.18. The molecule has 2 heterocycles. The summed E-state index contributed by atoms with van der Waals surface area (Å²) in [4.78, 5) is 7.26.